The van der Waals surface area contributed by atoms with E-state index in [2.05, 4.69) is 73.7 Å². The molecule has 0 bridgehead atoms. The molecule has 0 aliphatic heterocycles. The van der Waals surface area contributed by atoms with E-state index in [-0.39, 0.29) is 0 Å². The summed E-state index contributed by atoms with van der Waals surface area (Å²) < 4.78 is 0. The van der Waals surface area contributed by atoms with Crippen molar-refractivity contribution < 1.29 is 0 Å². The predicted molar refractivity (Wildman–Crippen MR) is 106 cm³/mol. The van der Waals surface area contributed by atoms with Crippen LogP contribution in [0, 0.1) is 0 Å². The van der Waals surface area contributed by atoms with E-state index < -0.39 is 0 Å². The molecule has 0 N–H and O–H groups in total. The van der Waals surface area contributed by atoms with Crippen LogP contribution in [0.3, 0.4) is 0 Å². The Morgan fingerprint density at radius 2 is 1.48 bits per heavy atom. The molecule has 0 heterocycles. The van der Waals surface area contributed by atoms with Crippen molar-refractivity contribution in [3.8, 4) is 0 Å². The van der Waals surface area contributed by atoms with E-state index in [1.807, 2.05) is 23.5 Å². The van der Waals surface area contributed by atoms with Crippen molar-refractivity contribution in [3.63, 3.8) is 0 Å². The molecule has 0 aromatic heterocycles. The lowest BCUT2D eigenvalue weighted by atomic mass is 10.1. The molecule has 23 heavy (non-hydrogen) atoms. The smallest absolute Gasteiger partial charge is 0.0292 e. The Morgan fingerprint density at radius 1 is 0.826 bits per heavy atom. The third kappa shape index (κ3) is 7.81. The van der Waals surface area contributed by atoms with Gasteiger partial charge in [0.15, 0.2) is 0 Å². The maximum atomic E-state index is 2.45. The average molecular weight is 343 g/mol. The third-order valence-electron chi connectivity index (χ3n) is 3.55. The summed E-state index contributed by atoms with van der Waals surface area (Å²) >= 11 is 3.84. The topological polar surface area (TPSA) is 0 Å². The minimum atomic E-state index is 1.05. The van der Waals surface area contributed by atoms with Gasteiger partial charge < -0.3 is 0 Å². The SMILES string of the molecule is CCCCCC/C=C(/CSc1ccccc1)Sc1ccccc1. The first kappa shape index (κ1) is 18.2. The Balaban J connectivity index is 1.91. The molecule has 0 saturated heterocycles. The van der Waals surface area contributed by atoms with Gasteiger partial charge in [-0.05, 0) is 42.0 Å². The van der Waals surface area contributed by atoms with E-state index >= 15 is 0 Å². The van der Waals surface area contributed by atoms with E-state index in [9.17, 15) is 0 Å². The second-order valence-corrected chi connectivity index (χ2v) is 7.79. The van der Waals surface area contributed by atoms with Crippen LogP contribution >= 0.6 is 23.5 Å². The first-order chi connectivity index (χ1) is 11.4. The monoisotopic (exact) mass is 342 g/mol. The highest BCUT2D eigenvalue weighted by Gasteiger charge is 2.02. The highest BCUT2D eigenvalue weighted by molar-refractivity contribution is 8.06. The maximum Gasteiger partial charge on any atom is 0.0292 e. The molecule has 0 saturated carbocycles. The zero-order chi connectivity index (χ0) is 16.2. The van der Waals surface area contributed by atoms with Gasteiger partial charge in [-0.3, -0.25) is 0 Å². The van der Waals surface area contributed by atoms with Gasteiger partial charge in [-0.2, -0.15) is 0 Å². The molecule has 2 rings (SSSR count). The second-order valence-electron chi connectivity index (χ2n) is 5.54. The fraction of sp³-hybridized carbons (Fsp3) is 0.333. The van der Waals surface area contributed by atoms with Crippen molar-refractivity contribution in [1.82, 2.24) is 0 Å². The Morgan fingerprint density at radius 3 is 2.13 bits per heavy atom. The van der Waals surface area contributed by atoms with Crippen LogP contribution in [-0.2, 0) is 0 Å². The summed E-state index contributed by atoms with van der Waals surface area (Å²) in [6.07, 6.45) is 8.96. The number of unbranched alkanes of at least 4 members (excludes halogenated alkanes) is 4. The molecule has 0 nitrogen and oxygen atoms in total. The first-order valence-corrected chi connectivity index (χ1v) is 10.3. The molecule has 122 valence electrons. The van der Waals surface area contributed by atoms with E-state index in [0.717, 1.165) is 5.75 Å². The molecular weight excluding hydrogens is 316 g/mol. The lowest BCUT2D eigenvalue weighted by molar-refractivity contribution is 0.674. The fourth-order valence-electron chi connectivity index (χ4n) is 2.28. The van der Waals surface area contributed by atoms with E-state index in [1.165, 1.54) is 46.8 Å². The van der Waals surface area contributed by atoms with Crippen LogP contribution in [0.1, 0.15) is 39.0 Å². The van der Waals surface area contributed by atoms with Gasteiger partial charge in [-0.15, -0.1) is 11.8 Å². The molecule has 0 aliphatic rings. The number of hydrogen-bond acceptors (Lipinski definition) is 2. The van der Waals surface area contributed by atoms with Crippen molar-refractivity contribution in [1.29, 1.82) is 0 Å². The van der Waals surface area contributed by atoms with Gasteiger partial charge in [0.2, 0.25) is 0 Å². The molecule has 0 spiro atoms. The predicted octanol–water partition coefficient (Wildman–Crippen LogP) is 7.43. The van der Waals surface area contributed by atoms with Crippen molar-refractivity contribution in [2.45, 2.75) is 48.8 Å². The molecule has 0 aliphatic carbocycles. The quantitative estimate of drug-likeness (QED) is 0.325. The van der Waals surface area contributed by atoms with Gasteiger partial charge in [-0.1, -0.05) is 80.4 Å². The lowest BCUT2D eigenvalue weighted by Crippen LogP contribution is -1.85. The summed E-state index contributed by atoms with van der Waals surface area (Å²) in [4.78, 5) is 4.15. The molecular formula is C21H26S2. The van der Waals surface area contributed by atoms with Crippen LogP contribution in [0.25, 0.3) is 0 Å². The van der Waals surface area contributed by atoms with Crippen molar-refractivity contribution >= 4 is 23.5 Å². The van der Waals surface area contributed by atoms with Crippen LogP contribution in [0.15, 0.2) is 81.4 Å². The van der Waals surface area contributed by atoms with E-state index in [0.29, 0.717) is 0 Å². The summed E-state index contributed by atoms with van der Waals surface area (Å²) in [5, 5.41) is 0. The highest BCUT2D eigenvalue weighted by Crippen LogP contribution is 2.32. The molecule has 2 aromatic rings. The molecule has 0 unspecified atom stereocenters. The van der Waals surface area contributed by atoms with Crippen LogP contribution in [0.2, 0.25) is 0 Å². The van der Waals surface area contributed by atoms with Gasteiger partial charge in [-0.25, -0.2) is 0 Å². The van der Waals surface area contributed by atoms with E-state index in [1.54, 1.807) is 0 Å². The molecule has 2 aromatic carbocycles. The summed E-state index contributed by atoms with van der Waals surface area (Å²) in [7, 11) is 0. The lowest BCUT2D eigenvalue weighted by Gasteiger charge is -2.08. The average Bonchev–Trinajstić information content (AvgIpc) is 2.61. The Hall–Kier alpha value is -1.12. The second kappa shape index (κ2) is 11.4. The Kier molecular flexibility index (Phi) is 9.05. The fourth-order valence-corrected chi connectivity index (χ4v) is 4.26. The van der Waals surface area contributed by atoms with E-state index in [4.69, 9.17) is 0 Å². The van der Waals surface area contributed by atoms with Crippen LogP contribution in [-0.4, -0.2) is 5.75 Å². The number of benzene rings is 2. The maximum absolute atomic E-state index is 2.45. The Labute approximate surface area is 149 Å². The van der Waals surface area contributed by atoms with Gasteiger partial charge in [0, 0.05) is 15.5 Å². The van der Waals surface area contributed by atoms with Gasteiger partial charge >= 0.3 is 0 Å². The van der Waals surface area contributed by atoms with Gasteiger partial charge in [0.05, 0.1) is 0 Å². The van der Waals surface area contributed by atoms with Gasteiger partial charge in [0.25, 0.3) is 0 Å². The molecule has 0 fully saturated rings. The van der Waals surface area contributed by atoms with Crippen LogP contribution in [0.5, 0.6) is 0 Å². The largest absolute Gasteiger partial charge is 0.121 e. The number of rotatable bonds is 10. The summed E-state index contributed by atoms with van der Waals surface area (Å²) in [5.74, 6) is 1.05. The summed E-state index contributed by atoms with van der Waals surface area (Å²) in [5.41, 5.74) is 0. The molecule has 0 amide bonds. The Bertz CT molecular complexity index is 561. The molecule has 0 atom stereocenters. The molecule has 0 radical (unpaired) electrons. The molecule has 2 heteroatoms. The highest BCUT2D eigenvalue weighted by atomic mass is 32.2. The van der Waals surface area contributed by atoms with Crippen molar-refractivity contribution in [2.75, 3.05) is 5.75 Å². The third-order valence-corrected chi connectivity index (χ3v) is 5.87. The van der Waals surface area contributed by atoms with Crippen molar-refractivity contribution in [2.24, 2.45) is 0 Å². The normalized spacial score (nSPS) is 11.6. The first-order valence-electron chi connectivity index (χ1n) is 8.48. The van der Waals surface area contributed by atoms with Crippen molar-refractivity contribution in [3.05, 3.63) is 71.6 Å². The zero-order valence-electron chi connectivity index (χ0n) is 13.9. The summed E-state index contributed by atoms with van der Waals surface area (Å²) in [6.45, 7) is 2.27. The number of thioether (sulfide) groups is 2. The van der Waals surface area contributed by atoms with Crippen LogP contribution in [0.4, 0.5) is 0 Å². The minimum Gasteiger partial charge on any atom is -0.121 e. The minimum absolute atomic E-state index is 1.05. The standard InChI is InChI=1S/C21H26S2/c1-2-3-4-5-8-17-21(23-20-15-11-7-12-16-20)18-22-19-13-9-6-10-14-19/h6-7,9-17H,2-5,8,18H2,1H3/b21-17-. The van der Waals surface area contributed by atoms with Crippen LogP contribution < -0.4 is 0 Å². The summed E-state index contributed by atoms with van der Waals surface area (Å²) in [6, 6.07) is 21.4. The zero-order valence-corrected chi connectivity index (χ0v) is 15.5. The number of hydrogen-bond donors (Lipinski definition) is 0. The van der Waals surface area contributed by atoms with Gasteiger partial charge in [0.1, 0.15) is 0 Å². The number of allylic oxidation sites excluding steroid dienone is 1.